The van der Waals surface area contributed by atoms with Gasteiger partial charge in [-0.3, -0.25) is 19.4 Å². The molecular weight excluding hydrogens is 648 g/mol. The van der Waals surface area contributed by atoms with Crippen LogP contribution < -0.4 is 24.4 Å². The number of anilines is 1. The predicted octanol–water partition coefficient (Wildman–Crippen LogP) is 4.76. The lowest BCUT2D eigenvalue weighted by Crippen LogP contribution is -2.47. The third-order valence-electron chi connectivity index (χ3n) is 10.6. The predicted molar refractivity (Wildman–Crippen MR) is 195 cm³/mol. The molecular formula is C39H52N6O6. The van der Waals surface area contributed by atoms with Gasteiger partial charge in [0.05, 0.1) is 39.8 Å². The summed E-state index contributed by atoms with van der Waals surface area (Å²) in [5.74, 6) is 2.47. The maximum atomic E-state index is 14.1. The quantitative estimate of drug-likeness (QED) is 0.388. The van der Waals surface area contributed by atoms with Crippen LogP contribution in [0, 0.1) is 11.8 Å². The Bertz CT molecular complexity index is 1680. The standard InChI is InChI=1S/C39H52N6O6/c1-49-33-21-32-31(36(50-2)37(33)51-3)20-30-25-43(35(47)19-27-11-9-15-40-22-27)16-7-8-17-45(39(48)29-13-5-4-6-14-29)26-34(46)41-23-28-12-10-18-44(24-28)38(30)42-32/h9,11,15,20-22,28-29H,4-8,10,12-14,16-19,23-26H2,1-3H3,(H,41,46). The van der Waals surface area contributed by atoms with E-state index in [0.717, 1.165) is 73.8 Å². The van der Waals surface area contributed by atoms with Gasteiger partial charge in [-0.25, -0.2) is 4.98 Å². The van der Waals surface area contributed by atoms with Gasteiger partial charge in [-0.2, -0.15) is 0 Å². The van der Waals surface area contributed by atoms with Gasteiger partial charge in [-0.05, 0) is 62.1 Å². The average molecular weight is 701 g/mol. The molecule has 12 nitrogen and oxygen atoms in total. The molecule has 1 unspecified atom stereocenters. The zero-order chi connectivity index (χ0) is 35.7. The number of piperidine rings is 1. The van der Waals surface area contributed by atoms with E-state index in [0.29, 0.717) is 68.3 Å². The Balaban J connectivity index is 1.37. The number of carbonyl (C=O) groups is 3. The van der Waals surface area contributed by atoms with Crippen LogP contribution in [0.3, 0.4) is 0 Å². The first-order valence-corrected chi connectivity index (χ1v) is 18.5. The van der Waals surface area contributed by atoms with Crippen molar-refractivity contribution in [3.05, 3.63) is 47.8 Å². The second-order valence-corrected chi connectivity index (χ2v) is 14.1. The molecule has 1 saturated heterocycles. The van der Waals surface area contributed by atoms with Gasteiger partial charge in [0.25, 0.3) is 0 Å². The van der Waals surface area contributed by atoms with Gasteiger partial charge in [0.15, 0.2) is 11.5 Å². The van der Waals surface area contributed by atoms with Crippen LogP contribution in [0.25, 0.3) is 10.9 Å². The van der Waals surface area contributed by atoms with E-state index in [4.69, 9.17) is 19.2 Å². The Morgan fingerprint density at radius 1 is 0.882 bits per heavy atom. The van der Waals surface area contributed by atoms with Crippen LogP contribution in [0.15, 0.2) is 36.7 Å². The molecule has 3 amide bonds. The molecule has 1 saturated carbocycles. The van der Waals surface area contributed by atoms with E-state index in [1.54, 1.807) is 38.6 Å². The van der Waals surface area contributed by atoms with E-state index in [1.807, 2.05) is 23.1 Å². The fraction of sp³-hybridized carbons (Fsp3) is 0.564. The molecule has 0 radical (unpaired) electrons. The van der Waals surface area contributed by atoms with E-state index in [2.05, 4.69) is 21.3 Å². The molecule has 0 spiro atoms. The van der Waals surface area contributed by atoms with E-state index < -0.39 is 0 Å². The number of methoxy groups -OCH3 is 3. The summed E-state index contributed by atoms with van der Waals surface area (Å²) >= 11 is 0. The maximum absolute atomic E-state index is 14.1. The summed E-state index contributed by atoms with van der Waals surface area (Å²) in [6, 6.07) is 7.70. The number of fused-ring (bicyclic) bond motifs is 5. The third-order valence-corrected chi connectivity index (χ3v) is 10.6. The van der Waals surface area contributed by atoms with Crippen LogP contribution in [0.2, 0.25) is 0 Å². The fourth-order valence-electron chi connectivity index (χ4n) is 7.89. The van der Waals surface area contributed by atoms with Gasteiger partial charge in [0.1, 0.15) is 5.82 Å². The first kappa shape index (κ1) is 36.2. The number of hydrogen-bond acceptors (Lipinski definition) is 9. The van der Waals surface area contributed by atoms with Gasteiger partial charge in [0, 0.05) is 74.6 Å². The minimum Gasteiger partial charge on any atom is -0.493 e. The summed E-state index contributed by atoms with van der Waals surface area (Å²) in [5, 5.41) is 3.93. The number of hydrogen-bond donors (Lipinski definition) is 1. The third kappa shape index (κ3) is 8.65. The summed E-state index contributed by atoms with van der Waals surface area (Å²) in [5.41, 5.74) is 2.45. The van der Waals surface area contributed by atoms with Gasteiger partial charge in [0.2, 0.25) is 23.5 Å². The molecule has 274 valence electrons. The van der Waals surface area contributed by atoms with Crippen LogP contribution >= 0.6 is 0 Å². The highest BCUT2D eigenvalue weighted by atomic mass is 16.5. The summed E-state index contributed by atoms with van der Waals surface area (Å²) in [7, 11) is 4.77. The molecule has 3 aliphatic rings. The number of benzene rings is 1. The molecule has 2 aliphatic heterocycles. The highest BCUT2D eigenvalue weighted by Crippen LogP contribution is 2.44. The van der Waals surface area contributed by atoms with Crippen molar-refractivity contribution in [2.75, 3.05) is 65.5 Å². The van der Waals surface area contributed by atoms with Crippen molar-refractivity contribution < 1.29 is 28.6 Å². The number of amides is 3. The summed E-state index contributed by atoms with van der Waals surface area (Å²) in [4.78, 5) is 56.6. The van der Waals surface area contributed by atoms with E-state index in [1.165, 1.54) is 0 Å². The largest absolute Gasteiger partial charge is 0.493 e. The number of nitrogens with one attached hydrogen (secondary N) is 1. The second-order valence-electron chi connectivity index (χ2n) is 14.1. The normalized spacial score (nSPS) is 19.6. The first-order valence-electron chi connectivity index (χ1n) is 18.5. The average Bonchev–Trinajstić information content (AvgIpc) is 3.16. The zero-order valence-electron chi connectivity index (χ0n) is 30.3. The van der Waals surface area contributed by atoms with Crippen molar-refractivity contribution in [2.45, 2.75) is 70.8 Å². The molecule has 4 heterocycles. The number of nitrogens with zero attached hydrogens (tertiary/aromatic N) is 5. The molecule has 12 heteroatoms. The monoisotopic (exact) mass is 700 g/mol. The van der Waals surface area contributed by atoms with Crippen molar-refractivity contribution in [3.63, 3.8) is 0 Å². The lowest BCUT2D eigenvalue weighted by Gasteiger charge is -2.36. The summed E-state index contributed by atoms with van der Waals surface area (Å²) in [6.45, 7) is 3.40. The van der Waals surface area contributed by atoms with Crippen molar-refractivity contribution in [3.8, 4) is 17.2 Å². The van der Waals surface area contributed by atoms with Crippen LogP contribution in [-0.2, 0) is 27.3 Å². The number of aromatic nitrogens is 2. The maximum Gasteiger partial charge on any atom is 0.239 e. The summed E-state index contributed by atoms with van der Waals surface area (Å²) in [6.07, 6.45) is 12.0. The van der Waals surface area contributed by atoms with Crippen molar-refractivity contribution >= 4 is 34.4 Å². The van der Waals surface area contributed by atoms with E-state index >= 15 is 0 Å². The molecule has 2 fully saturated rings. The molecule has 1 aromatic carbocycles. The van der Waals surface area contributed by atoms with E-state index in [9.17, 15) is 14.4 Å². The van der Waals surface area contributed by atoms with Crippen LogP contribution in [0.4, 0.5) is 5.82 Å². The Labute approximate surface area is 300 Å². The van der Waals surface area contributed by atoms with Gasteiger partial charge in [-0.15, -0.1) is 0 Å². The van der Waals surface area contributed by atoms with Gasteiger partial charge < -0.3 is 34.2 Å². The smallest absolute Gasteiger partial charge is 0.239 e. The molecule has 1 N–H and O–H groups in total. The number of pyridine rings is 2. The minimum absolute atomic E-state index is 0.0134. The fourth-order valence-corrected chi connectivity index (χ4v) is 7.89. The van der Waals surface area contributed by atoms with Gasteiger partial charge >= 0.3 is 0 Å². The van der Waals surface area contributed by atoms with Crippen molar-refractivity contribution in [1.82, 2.24) is 25.1 Å². The second kappa shape index (κ2) is 17.1. The summed E-state index contributed by atoms with van der Waals surface area (Å²) < 4.78 is 17.3. The highest BCUT2D eigenvalue weighted by molar-refractivity contribution is 5.92. The molecule has 1 aliphatic carbocycles. The Morgan fingerprint density at radius 3 is 2.39 bits per heavy atom. The van der Waals surface area contributed by atoms with E-state index in [-0.39, 0.29) is 42.5 Å². The Kier molecular flexibility index (Phi) is 12.1. The lowest BCUT2D eigenvalue weighted by molar-refractivity contribution is -0.140. The van der Waals surface area contributed by atoms with Crippen LogP contribution in [0.5, 0.6) is 17.2 Å². The van der Waals surface area contributed by atoms with Crippen LogP contribution in [0.1, 0.15) is 68.9 Å². The van der Waals surface area contributed by atoms with Crippen LogP contribution in [-0.4, -0.2) is 98.1 Å². The first-order chi connectivity index (χ1) is 24.9. The topological polar surface area (TPSA) is 126 Å². The number of ether oxygens (including phenoxy) is 3. The SMILES string of the molecule is COc1cc2nc3c(cc2c(OC)c1OC)CN(C(=O)Cc1cccnc1)CCCCN(C(=O)C1CCCCC1)CC(=O)NCC1CCCN3C1. The number of rotatable bonds is 6. The lowest BCUT2D eigenvalue weighted by atomic mass is 9.88. The number of carbonyl (C=O) groups excluding carboxylic acids is 3. The van der Waals surface area contributed by atoms with Crippen molar-refractivity contribution in [2.24, 2.45) is 11.8 Å². The molecule has 3 aromatic rings. The molecule has 2 bridgehead atoms. The van der Waals surface area contributed by atoms with Crippen molar-refractivity contribution in [1.29, 1.82) is 0 Å². The van der Waals surface area contributed by atoms with Gasteiger partial charge in [-0.1, -0.05) is 25.3 Å². The zero-order valence-corrected chi connectivity index (χ0v) is 30.3. The Morgan fingerprint density at radius 2 is 1.67 bits per heavy atom. The Hall–Kier alpha value is -4.61. The minimum atomic E-state index is -0.116. The molecule has 6 rings (SSSR count). The highest BCUT2D eigenvalue weighted by Gasteiger charge is 2.30. The molecule has 51 heavy (non-hydrogen) atoms. The molecule has 2 aromatic heterocycles. The molecule has 1 atom stereocenters.